The number of nitrogens with zero attached hydrogens (tertiary/aromatic N) is 3. The zero-order chi connectivity index (χ0) is 22.4. The number of nitriles is 1. The summed E-state index contributed by atoms with van der Waals surface area (Å²) in [6.07, 6.45) is 1.76. The molecule has 31 heavy (non-hydrogen) atoms. The predicted octanol–water partition coefficient (Wildman–Crippen LogP) is 4.04. The summed E-state index contributed by atoms with van der Waals surface area (Å²) >= 11 is 0. The number of anilines is 1. The maximum absolute atomic E-state index is 13.3. The Labute approximate surface area is 181 Å². The highest BCUT2D eigenvalue weighted by atomic mass is 16.5. The van der Waals surface area contributed by atoms with Crippen molar-refractivity contribution in [1.29, 1.82) is 5.26 Å². The lowest BCUT2D eigenvalue weighted by molar-refractivity contribution is 0.0652. The third kappa shape index (κ3) is 4.58. The molecule has 1 aliphatic heterocycles. The summed E-state index contributed by atoms with van der Waals surface area (Å²) in [6.45, 7) is 4.99. The highest BCUT2D eigenvalue weighted by Gasteiger charge is 2.35. The largest absolute Gasteiger partial charge is 0.494 e. The molecule has 7 heteroatoms. The first kappa shape index (κ1) is 22.0. The first-order valence-corrected chi connectivity index (χ1v) is 10.4. The van der Waals surface area contributed by atoms with E-state index in [1.54, 1.807) is 30.3 Å². The van der Waals surface area contributed by atoms with Crippen molar-refractivity contribution < 1.29 is 19.1 Å². The number of rotatable bonds is 9. The van der Waals surface area contributed by atoms with Crippen LogP contribution in [0.3, 0.4) is 0 Å². The average molecular weight is 419 g/mol. The number of ether oxygens (including phenoxy) is 1. The number of hydrogen-bond acceptors (Lipinski definition) is 5. The van der Waals surface area contributed by atoms with E-state index in [-0.39, 0.29) is 36.3 Å². The van der Waals surface area contributed by atoms with Crippen molar-refractivity contribution in [2.45, 2.75) is 33.1 Å². The van der Waals surface area contributed by atoms with Gasteiger partial charge in [0.1, 0.15) is 5.75 Å². The topological polar surface area (TPSA) is 90.7 Å². The van der Waals surface area contributed by atoms with E-state index in [9.17, 15) is 14.4 Å². The molecule has 0 fully saturated rings. The van der Waals surface area contributed by atoms with Gasteiger partial charge in [-0.25, -0.2) is 0 Å². The van der Waals surface area contributed by atoms with Gasteiger partial charge >= 0.3 is 0 Å². The lowest BCUT2D eigenvalue weighted by Gasteiger charge is -2.22. The Bertz CT molecular complexity index is 1020. The minimum atomic E-state index is -0.368. The summed E-state index contributed by atoms with van der Waals surface area (Å²) < 4.78 is 5.45. The molecule has 0 aliphatic carbocycles. The quantitative estimate of drug-likeness (QED) is 0.572. The third-order valence-corrected chi connectivity index (χ3v) is 5.10. The van der Waals surface area contributed by atoms with Gasteiger partial charge in [0.15, 0.2) is 0 Å². The van der Waals surface area contributed by atoms with E-state index >= 15 is 0 Å². The minimum absolute atomic E-state index is 0.159. The minimum Gasteiger partial charge on any atom is -0.494 e. The third-order valence-electron chi connectivity index (χ3n) is 5.10. The van der Waals surface area contributed by atoms with Crippen LogP contribution in [0.25, 0.3) is 0 Å². The number of hydrogen-bond donors (Lipinski definition) is 0. The summed E-state index contributed by atoms with van der Waals surface area (Å²) in [5.74, 6) is -0.338. The van der Waals surface area contributed by atoms with E-state index < -0.39 is 0 Å². The Morgan fingerprint density at radius 2 is 1.77 bits per heavy atom. The molecule has 2 aromatic carbocycles. The molecular weight excluding hydrogens is 394 g/mol. The molecule has 0 spiro atoms. The van der Waals surface area contributed by atoms with Gasteiger partial charge in [-0.3, -0.25) is 19.3 Å². The summed E-state index contributed by atoms with van der Waals surface area (Å²) in [5, 5.41) is 9.02. The summed E-state index contributed by atoms with van der Waals surface area (Å²) in [4.78, 5) is 41.3. The molecular formula is C24H25N3O4. The van der Waals surface area contributed by atoms with Gasteiger partial charge in [-0.1, -0.05) is 13.3 Å². The second-order valence-electron chi connectivity index (χ2n) is 7.17. The SMILES string of the molecule is CCCCN1C(=O)c2ccc(C(=O)N(CCC#N)c3ccc(OCC)cc3)cc2C1=O. The fourth-order valence-electron chi connectivity index (χ4n) is 3.50. The van der Waals surface area contributed by atoms with Crippen LogP contribution in [0.1, 0.15) is 64.2 Å². The van der Waals surface area contributed by atoms with E-state index in [4.69, 9.17) is 10.00 Å². The lowest BCUT2D eigenvalue weighted by atomic mass is 10.0. The molecule has 0 N–H and O–H groups in total. The van der Waals surface area contributed by atoms with Gasteiger partial charge in [-0.05, 0) is 55.8 Å². The van der Waals surface area contributed by atoms with Crippen LogP contribution in [0.4, 0.5) is 5.69 Å². The molecule has 0 bridgehead atoms. The van der Waals surface area contributed by atoms with E-state index in [1.165, 1.54) is 21.9 Å². The Balaban J connectivity index is 1.89. The molecule has 3 rings (SSSR count). The number of benzene rings is 2. The van der Waals surface area contributed by atoms with Crippen molar-refractivity contribution in [2.75, 3.05) is 24.6 Å². The molecule has 160 valence electrons. The molecule has 0 radical (unpaired) electrons. The Morgan fingerprint density at radius 3 is 2.42 bits per heavy atom. The Hall–Kier alpha value is -3.66. The fourth-order valence-corrected chi connectivity index (χ4v) is 3.50. The predicted molar refractivity (Wildman–Crippen MR) is 116 cm³/mol. The van der Waals surface area contributed by atoms with Crippen LogP contribution < -0.4 is 9.64 Å². The highest BCUT2D eigenvalue weighted by molar-refractivity contribution is 6.22. The van der Waals surface area contributed by atoms with Gasteiger partial charge < -0.3 is 9.64 Å². The standard InChI is InChI=1S/C24H25N3O4/c1-3-5-14-27-23(29)20-12-7-17(16-21(20)24(27)30)22(28)26(15-6-13-25)18-8-10-19(11-9-18)31-4-2/h7-12,16H,3-6,14-15H2,1-2H3. The van der Waals surface area contributed by atoms with Crippen LogP contribution in [0.5, 0.6) is 5.75 Å². The van der Waals surface area contributed by atoms with Crippen LogP contribution in [0, 0.1) is 11.3 Å². The van der Waals surface area contributed by atoms with Gasteiger partial charge in [0, 0.05) is 24.3 Å². The van der Waals surface area contributed by atoms with Gasteiger partial charge in [0.25, 0.3) is 17.7 Å². The maximum Gasteiger partial charge on any atom is 0.261 e. The van der Waals surface area contributed by atoms with Crippen molar-refractivity contribution in [1.82, 2.24) is 4.90 Å². The highest BCUT2D eigenvalue weighted by Crippen LogP contribution is 2.27. The van der Waals surface area contributed by atoms with E-state index in [2.05, 4.69) is 6.07 Å². The van der Waals surface area contributed by atoms with Crippen LogP contribution >= 0.6 is 0 Å². The second kappa shape index (κ2) is 9.90. The van der Waals surface area contributed by atoms with Crippen LogP contribution in [-0.2, 0) is 0 Å². The number of unbranched alkanes of at least 4 members (excludes halogenated alkanes) is 1. The van der Waals surface area contributed by atoms with Crippen molar-refractivity contribution in [3.05, 3.63) is 59.2 Å². The average Bonchev–Trinajstić information content (AvgIpc) is 3.02. The number of carbonyl (C=O) groups excluding carboxylic acids is 3. The molecule has 2 aromatic rings. The van der Waals surface area contributed by atoms with Crippen molar-refractivity contribution >= 4 is 23.4 Å². The smallest absolute Gasteiger partial charge is 0.261 e. The fraction of sp³-hybridized carbons (Fsp3) is 0.333. The molecule has 7 nitrogen and oxygen atoms in total. The van der Waals surface area contributed by atoms with E-state index in [0.29, 0.717) is 35.7 Å². The first-order chi connectivity index (χ1) is 15.0. The molecule has 3 amide bonds. The number of fused-ring (bicyclic) bond motifs is 1. The molecule has 0 saturated carbocycles. The van der Waals surface area contributed by atoms with Crippen LogP contribution in [0.2, 0.25) is 0 Å². The molecule has 0 saturated heterocycles. The van der Waals surface area contributed by atoms with Gasteiger partial charge in [-0.2, -0.15) is 5.26 Å². The lowest BCUT2D eigenvalue weighted by Crippen LogP contribution is -2.32. The second-order valence-corrected chi connectivity index (χ2v) is 7.17. The van der Waals surface area contributed by atoms with E-state index in [1.807, 2.05) is 13.8 Å². The molecule has 1 heterocycles. The monoisotopic (exact) mass is 419 g/mol. The molecule has 0 aromatic heterocycles. The van der Waals surface area contributed by atoms with E-state index in [0.717, 1.165) is 12.8 Å². The zero-order valence-electron chi connectivity index (χ0n) is 17.8. The van der Waals surface area contributed by atoms with Crippen LogP contribution in [0.15, 0.2) is 42.5 Å². The normalized spacial score (nSPS) is 12.5. The Kier molecular flexibility index (Phi) is 7.03. The zero-order valence-corrected chi connectivity index (χ0v) is 17.8. The van der Waals surface area contributed by atoms with Crippen LogP contribution in [-0.4, -0.2) is 42.3 Å². The number of amides is 3. The summed E-state index contributed by atoms with van der Waals surface area (Å²) in [7, 11) is 0. The molecule has 0 atom stereocenters. The van der Waals surface area contributed by atoms with Crippen molar-refractivity contribution in [3.8, 4) is 11.8 Å². The number of imide groups is 1. The van der Waals surface area contributed by atoms with Crippen molar-refractivity contribution in [3.63, 3.8) is 0 Å². The van der Waals surface area contributed by atoms with Gasteiger partial charge in [0.2, 0.25) is 0 Å². The Morgan fingerprint density at radius 1 is 1.06 bits per heavy atom. The first-order valence-electron chi connectivity index (χ1n) is 10.4. The summed E-state index contributed by atoms with van der Waals surface area (Å²) in [6, 6.07) is 13.7. The molecule has 0 unspecified atom stereocenters. The molecule has 1 aliphatic rings. The van der Waals surface area contributed by atoms with Crippen molar-refractivity contribution in [2.24, 2.45) is 0 Å². The summed E-state index contributed by atoms with van der Waals surface area (Å²) in [5.41, 5.74) is 1.49. The van der Waals surface area contributed by atoms with Gasteiger partial charge in [-0.15, -0.1) is 0 Å². The number of carbonyl (C=O) groups is 3. The van der Waals surface area contributed by atoms with Gasteiger partial charge in [0.05, 0.1) is 30.2 Å². The maximum atomic E-state index is 13.3.